The zero-order valence-electron chi connectivity index (χ0n) is 21.6. The lowest BCUT2D eigenvalue weighted by Crippen LogP contribution is -2.36. The number of pyridine rings is 1. The molecule has 7 nitrogen and oxygen atoms in total. The normalized spacial score (nSPS) is 19.3. The Morgan fingerprint density at radius 3 is 2.46 bits per heavy atom. The highest BCUT2D eigenvalue weighted by atomic mass is 35.5. The molecule has 2 saturated heterocycles. The minimum absolute atomic E-state index is 0.105. The van der Waals surface area contributed by atoms with Crippen molar-refractivity contribution in [3.63, 3.8) is 0 Å². The van der Waals surface area contributed by atoms with Gasteiger partial charge in [0, 0.05) is 49.6 Å². The molecule has 8 heteroatoms. The van der Waals surface area contributed by atoms with Crippen LogP contribution >= 0.6 is 11.6 Å². The summed E-state index contributed by atoms with van der Waals surface area (Å²) in [6.07, 6.45) is 4.10. The number of hydrogen-bond acceptors (Lipinski definition) is 5. The molecule has 0 N–H and O–H groups in total. The zero-order chi connectivity index (χ0) is 26.1. The molecule has 0 saturated carbocycles. The van der Waals surface area contributed by atoms with Crippen LogP contribution in [0.4, 0.5) is 5.69 Å². The third-order valence-corrected chi connectivity index (χ3v) is 8.12. The van der Waals surface area contributed by atoms with Crippen LogP contribution in [0.1, 0.15) is 44.2 Å². The molecule has 2 fully saturated rings. The maximum absolute atomic E-state index is 13.2. The number of likely N-dealkylation sites (tertiary alicyclic amines) is 2. The first-order valence-corrected chi connectivity index (χ1v) is 13.2. The first kappa shape index (κ1) is 25.5. The van der Waals surface area contributed by atoms with E-state index in [1.165, 1.54) is 6.26 Å². The van der Waals surface area contributed by atoms with Crippen molar-refractivity contribution in [3.05, 3.63) is 82.0 Å². The molecule has 0 aliphatic carbocycles. The molecule has 0 bridgehead atoms. The van der Waals surface area contributed by atoms with Crippen molar-refractivity contribution in [1.29, 1.82) is 0 Å². The number of fused-ring (bicyclic) bond motifs is 1. The van der Waals surface area contributed by atoms with Gasteiger partial charge in [0.05, 0.1) is 17.5 Å². The van der Waals surface area contributed by atoms with Gasteiger partial charge >= 0.3 is 0 Å². The van der Waals surface area contributed by atoms with Crippen LogP contribution in [0.2, 0.25) is 5.02 Å². The van der Waals surface area contributed by atoms with Gasteiger partial charge in [-0.2, -0.15) is 0 Å². The molecule has 2 aromatic heterocycles. The average molecular weight is 521 g/mol. The number of rotatable bonds is 7. The molecule has 5 rings (SSSR count). The summed E-state index contributed by atoms with van der Waals surface area (Å²) in [5, 5.41) is 0.637. The highest BCUT2D eigenvalue weighted by molar-refractivity contribution is 6.31. The van der Waals surface area contributed by atoms with E-state index in [-0.39, 0.29) is 11.8 Å². The Balaban J connectivity index is 1.18. The van der Waals surface area contributed by atoms with Crippen molar-refractivity contribution in [2.75, 3.05) is 44.2 Å². The van der Waals surface area contributed by atoms with E-state index in [2.05, 4.69) is 9.88 Å². The summed E-state index contributed by atoms with van der Waals surface area (Å²) in [7, 11) is 0. The summed E-state index contributed by atoms with van der Waals surface area (Å²) >= 11 is 6.37. The highest BCUT2D eigenvalue weighted by Crippen LogP contribution is 2.33. The molecule has 2 aliphatic heterocycles. The van der Waals surface area contributed by atoms with E-state index in [1.807, 2.05) is 49.9 Å². The van der Waals surface area contributed by atoms with Crippen LogP contribution in [0.25, 0.3) is 0 Å². The highest BCUT2D eigenvalue weighted by Gasteiger charge is 2.42. The van der Waals surface area contributed by atoms with Crippen molar-refractivity contribution in [2.45, 2.75) is 27.2 Å². The lowest BCUT2D eigenvalue weighted by molar-refractivity contribution is 0.0772. The van der Waals surface area contributed by atoms with E-state index in [0.717, 1.165) is 67.2 Å². The lowest BCUT2D eigenvalue weighted by atomic mass is 10.0. The van der Waals surface area contributed by atoms with Crippen molar-refractivity contribution >= 4 is 29.1 Å². The van der Waals surface area contributed by atoms with Gasteiger partial charge in [-0.25, -0.2) is 0 Å². The predicted molar refractivity (Wildman–Crippen MR) is 144 cm³/mol. The quantitative estimate of drug-likeness (QED) is 0.439. The van der Waals surface area contributed by atoms with Crippen LogP contribution in [0.15, 0.2) is 53.3 Å². The second-order valence-corrected chi connectivity index (χ2v) is 10.7. The third-order valence-electron chi connectivity index (χ3n) is 7.71. The van der Waals surface area contributed by atoms with Gasteiger partial charge in [-0.15, -0.1) is 0 Å². The molecule has 2 atom stereocenters. The molecule has 0 radical (unpaired) electrons. The molecule has 2 amide bonds. The number of benzene rings is 1. The fourth-order valence-electron chi connectivity index (χ4n) is 5.70. The minimum Gasteiger partial charge on any atom is -0.459 e. The van der Waals surface area contributed by atoms with E-state index in [9.17, 15) is 9.59 Å². The van der Waals surface area contributed by atoms with Crippen LogP contribution in [-0.4, -0.2) is 65.9 Å². The van der Waals surface area contributed by atoms with E-state index in [0.29, 0.717) is 29.2 Å². The van der Waals surface area contributed by atoms with Crippen LogP contribution in [0.3, 0.4) is 0 Å². The Kier molecular flexibility index (Phi) is 7.36. The summed E-state index contributed by atoms with van der Waals surface area (Å²) in [4.78, 5) is 36.9. The maximum Gasteiger partial charge on any atom is 0.293 e. The van der Waals surface area contributed by atoms with Gasteiger partial charge in [0.25, 0.3) is 11.8 Å². The second kappa shape index (κ2) is 10.7. The summed E-state index contributed by atoms with van der Waals surface area (Å²) in [5.74, 6) is 1.22. The van der Waals surface area contributed by atoms with Crippen LogP contribution in [-0.2, 0) is 0 Å². The predicted octanol–water partition coefficient (Wildman–Crippen LogP) is 4.99. The van der Waals surface area contributed by atoms with Crippen LogP contribution in [0, 0.1) is 32.6 Å². The number of amides is 2. The van der Waals surface area contributed by atoms with Gasteiger partial charge in [0.1, 0.15) is 0 Å². The molecular weight excluding hydrogens is 488 g/mol. The number of nitrogens with zero attached hydrogens (tertiary/aromatic N) is 4. The monoisotopic (exact) mass is 520 g/mol. The number of halogens is 1. The van der Waals surface area contributed by atoms with Gasteiger partial charge < -0.3 is 19.1 Å². The van der Waals surface area contributed by atoms with Crippen molar-refractivity contribution < 1.29 is 14.0 Å². The first-order valence-electron chi connectivity index (χ1n) is 12.9. The van der Waals surface area contributed by atoms with Crippen molar-refractivity contribution in [2.24, 2.45) is 11.8 Å². The Labute approximate surface area is 223 Å². The van der Waals surface area contributed by atoms with E-state index in [1.54, 1.807) is 23.2 Å². The summed E-state index contributed by atoms with van der Waals surface area (Å²) in [6.45, 7) is 10.8. The number of aromatic nitrogens is 1. The molecule has 2 unspecified atom stereocenters. The Morgan fingerprint density at radius 2 is 1.81 bits per heavy atom. The standard InChI is InChI=1S/C29H33ClN4O3/c1-19-7-8-24(14-25(19)30)34(28(35)26-6-4-13-37-26)12-5-11-32-15-22-17-33(18-23(22)16-32)29(36)27-20(2)9-10-31-21(27)3/h4,6-10,13-14,22-23H,5,11-12,15-18H2,1-3H3. The Hall–Kier alpha value is -3.16. The number of furan rings is 1. The lowest BCUT2D eigenvalue weighted by Gasteiger charge is -2.25. The van der Waals surface area contributed by atoms with Gasteiger partial charge in [-0.05, 0) is 87.0 Å². The largest absolute Gasteiger partial charge is 0.459 e. The van der Waals surface area contributed by atoms with Crippen molar-refractivity contribution in [1.82, 2.24) is 14.8 Å². The van der Waals surface area contributed by atoms with Crippen LogP contribution in [0.5, 0.6) is 0 Å². The minimum atomic E-state index is -0.168. The average Bonchev–Trinajstić information content (AvgIpc) is 3.60. The molecule has 2 aliphatic rings. The van der Waals surface area contributed by atoms with E-state index < -0.39 is 0 Å². The van der Waals surface area contributed by atoms with Gasteiger partial charge in [0.2, 0.25) is 0 Å². The molecule has 3 aromatic rings. The first-order chi connectivity index (χ1) is 17.8. The third kappa shape index (κ3) is 5.29. The Bertz CT molecular complexity index is 1260. The topological polar surface area (TPSA) is 69.9 Å². The van der Waals surface area contributed by atoms with E-state index in [4.69, 9.17) is 16.0 Å². The molecule has 194 valence electrons. The SMILES string of the molecule is Cc1ccc(N(CCCN2CC3CN(C(=O)c4c(C)ccnc4C)CC3C2)C(=O)c2ccco2)cc1Cl. The maximum atomic E-state index is 13.2. The molecule has 4 heterocycles. The van der Waals surface area contributed by atoms with Crippen molar-refractivity contribution in [3.8, 4) is 0 Å². The Morgan fingerprint density at radius 1 is 1.05 bits per heavy atom. The fraction of sp³-hybridized carbons (Fsp3) is 0.414. The second-order valence-electron chi connectivity index (χ2n) is 10.3. The molecule has 37 heavy (non-hydrogen) atoms. The smallest absolute Gasteiger partial charge is 0.293 e. The molecule has 1 aromatic carbocycles. The van der Waals surface area contributed by atoms with Gasteiger partial charge in [-0.3, -0.25) is 14.6 Å². The van der Waals surface area contributed by atoms with Crippen LogP contribution < -0.4 is 4.90 Å². The summed E-state index contributed by atoms with van der Waals surface area (Å²) in [5.41, 5.74) is 4.27. The zero-order valence-corrected chi connectivity index (χ0v) is 22.4. The number of aryl methyl sites for hydroxylation is 3. The number of anilines is 1. The number of hydrogen-bond donors (Lipinski definition) is 0. The van der Waals surface area contributed by atoms with E-state index >= 15 is 0 Å². The summed E-state index contributed by atoms with van der Waals surface area (Å²) in [6, 6.07) is 11.0. The molecular formula is C29H33ClN4O3. The number of carbonyl (C=O) groups excluding carboxylic acids is 2. The van der Waals surface area contributed by atoms with Gasteiger partial charge in [-0.1, -0.05) is 17.7 Å². The number of carbonyl (C=O) groups is 2. The van der Waals surface area contributed by atoms with Gasteiger partial charge in [0.15, 0.2) is 5.76 Å². The molecule has 0 spiro atoms. The fourth-order valence-corrected chi connectivity index (χ4v) is 5.87. The summed E-state index contributed by atoms with van der Waals surface area (Å²) < 4.78 is 5.39.